The fraction of sp³-hybridized carbons (Fsp3) is 1.00. The third-order valence-electron chi connectivity index (χ3n) is 5.39. The molecule has 2 fully saturated rings. The van der Waals surface area contributed by atoms with E-state index in [1.165, 1.54) is 69.7 Å². The van der Waals surface area contributed by atoms with Gasteiger partial charge in [-0.25, -0.2) is 0 Å². The van der Waals surface area contributed by atoms with Gasteiger partial charge in [-0.3, -0.25) is 4.90 Å². The zero-order chi connectivity index (χ0) is 13.0. The minimum Gasteiger partial charge on any atom is -0.297 e. The van der Waals surface area contributed by atoms with Crippen molar-refractivity contribution in [2.45, 2.75) is 83.7 Å². The Bertz CT molecular complexity index is 245. The van der Waals surface area contributed by atoms with Crippen LogP contribution in [0.15, 0.2) is 0 Å². The molecular weight excluding hydrogens is 286 g/mol. The van der Waals surface area contributed by atoms with Crippen molar-refractivity contribution in [2.24, 2.45) is 5.41 Å². The van der Waals surface area contributed by atoms with E-state index in [0.717, 1.165) is 12.1 Å². The smallest absolute Gasteiger partial charge is 0.0100 e. The van der Waals surface area contributed by atoms with Gasteiger partial charge in [-0.15, -0.1) is 0 Å². The first-order valence-corrected chi connectivity index (χ1v) is 9.14. The molecule has 1 saturated carbocycles. The van der Waals surface area contributed by atoms with Gasteiger partial charge in [-0.05, 0) is 44.4 Å². The van der Waals surface area contributed by atoms with E-state index in [-0.39, 0.29) is 0 Å². The van der Waals surface area contributed by atoms with E-state index in [1.807, 2.05) is 0 Å². The molecule has 0 aromatic heterocycles. The molecule has 1 saturated heterocycles. The second kappa shape index (κ2) is 6.74. The fourth-order valence-electron chi connectivity index (χ4n) is 4.05. The lowest BCUT2D eigenvalue weighted by molar-refractivity contribution is 0.109. The first kappa shape index (κ1) is 14.8. The minimum atomic E-state index is 0.572. The molecular formula is C16H30BrN. The van der Waals surface area contributed by atoms with Gasteiger partial charge in [0.1, 0.15) is 0 Å². The van der Waals surface area contributed by atoms with E-state index < -0.39 is 0 Å². The lowest BCUT2D eigenvalue weighted by atomic mass is 9.81. The van der Waals surface area contributed by atoms with Crippen LogP contribution in [0.25, 0.3) is 0 Å². The Kier molecular flexibility index (Phi) is 5.56. The van der Waals surface area contributed by atoms with Gasteiger partial charge in [0.15, 0.2) is 0 Å². The van der Waals surface area contributed by atoms with Gasteiger partial charge in [0.05, 0.1) is 0 Å². The molecule has 2 atom stereocenters. The quantitative estimate of drug-likeness (QED) is 0.522. The van der Waals surface area contributed by atoms with E-state index in [4.69, 9.17) is 0 Å². The molecule has 1 aliphatic heterocycles. The Labute approximate surface area is 122 Å². The maximum Gasteiger partial charge on any atom is 0.0100 e. The molecule has 1 nitrogen and oxygen atoms in total. The number of nitrogens with zero attached hydrogens (tertiary/aromatic N) is 1. The molecule has 2 heteroatoms. The van der Waals surface area contributed by atoms with Crippen molar-refractivity contribution in [3.63, 3.8) is 0 Å². The third kappa shape index (κ3) is 3.30. The van der Waals surface area contributed by atoms with Gasteiger partial charge in [-0.1, -0.05) is 48.5 Å². The summed E-state index contributed by atoms with van der Waals surface area (Å²) >= 11 is 3.85. The molecule has 0 radical (unpaired) electrons. The van der Waals surface area contributed by atoms with Crippen molar-refractivity contribution < 1.29 is 0 Å². The Morgan fingerprint density at radius 3 is 2.33 bits per heavy atom. The van der Waals surface area contributed by atoms with Gasteiger partial charge < -0.3 is 0 Å². The first-order chi connectivity index (χ1) is 8.71. The van der Waals surface area contributed by atoms with Crippen LogP contribution in [0, 0.1) is 5.41 Å². The van der Waals surface area contributed by atoms with Crippen molar-refractivity contribution in [3.8, 4) is 0 Å². The van der Waals surface area contributed by atoms with Crippen LogP contribution < -0.4 is 0 Å². The average Bonchev–Trinajstić information content (AvgIpc) is 2.61. The van der Waals surface area contributed by atoms with Crippen molar-refractivity contribution in [1.82, 2.24) is 4.90 Å². The highest BCUT2D eigenvalue weighted by molar-refractivity contribution is 9.09. The lowest BCUT2D eigenvalue weighted by Gasteiger charge is -2.39. The summed E-state index contributed by atoms with van der Waals surface area (Å²) in [5, 5.41) is 1.21. The zero-order valence-electron chi connectivity index (χ0n) is 12.3. The highest BCUT2D eigenvalue weighted by atomic mass is 79.9. The number of alkyl halides is 1. The molecule has 0 spiro atoms. The predicted molar refractivity (Wildman–Crippen MR) is 83.4 cm³/mol. The summed E-state index contributed by atoms with van der Waals surface area (Å²) < 4.78 is 0. The van der Waals surface area contributed by atoms with Gasteiger partial charge >= 0.3 is 0 Å². The molecule has 0 N–H and O–H groups in total. The second-order valence-corrected chi connectivity index (χ2v) is 7.27. The standard InChI is InChI=1S/C16H30BrN/c1-3-15-9-8-14(2)18(15)13-16(12-17)10-6-4-5-7-11-16/h14-15H,3-13H2,1-2H3. The Morgan fingerprint density at radius 1 is 1.11 bits per heavy atom. The Balaban J connectivity index is 2.03. The molecule has 106 valence electrons. The van der Waals surface area contributed by atoms with E-state index in [1.54, 1.807) is 0 Å². The highest BCUT2D eigenvalue weighted by Gasteiger charge is 2.37. The monoisotopic (exact) mass is 315 g/mol. The lowest BCUT2D eigenvalue weighted by Crippen LogP contribution is -2.44. The van der Waals surface area contributed by atoms with Gasteiger partial charge in [0.2, 0.25) is 0 Å². The van der Waals surface area contributed by atoms with Gasteiger partial charge in [0, 0.05) is 24.0 Å². The van der Waals surface area contributed by atoms with E-state index in [2.05, 4.69) is 34.7 Å². The minimum absolute atomic E-state index is 0.572. The Hall–Kier alpha value is 0.440. The van der Waals surface area contributed by atoms with E-state index >= 15 is 0 Å². The van der Waals surface area contributed by atoms with Crippen LogP contribution in [0.5, 0.6) is 0 Å². The Morgan fingerprint density at radius 2 is 1.78 bits per heavy atom. The predicted octanol–water partition coefficient (Wildman–Crippen LogP) is 4.98. The molecule has 18 heavy (non-hydrogen) atoms. The zero-order valence-corrected chi connectivity index (χ0v) is 13.8. The van der Waals surface area contributed by atoms with Crippen LogP contribution in [0.4, 0.5) is 0 Å². The third-order valence-corrected chi connectivity index (χ3v) is 6.58. The summed E-state index contributed by atoms with van der Waals surface area (Å²) in [6.07, 6.45) is 12.9. The van der Waals surface area contributed by atoms with Crippen LogP contribution in [0.1, 0.15) is 71.6 Å². The molecule has 1 aliphatic carbocycles. The number of hydrogen-bond acceptors (Lipinski definition) is 1. The topological polar surface area (TPSA) is 3.24 Å². The van der Waals surface area contributed by atoms with Crippen molar-refractivity contribution >= 4 is 15.9 Å². The number of rotatable bonds is 4. The largest absolute Gasteiger partial charge is 0.297 e. The summed E-state index contributed by atoms with van der Waals surface area (Å²) in [6, 6.07) is 1.67. The summed E-state index contributed by atoms with van der Waals surface area (Å²) in [7, 11) is 0. The molecule has 2 aliphatic rings. The van der Waals surface area contributed by atoms with Crippen LogP contribution in [0.3, 0.4) is 0 Å². The van der Waals surface area contributed by atoms with E-state index in [0.29, 0.717) is 5.41 Å². The molecule has 0 aromatic rings. The van der Waals surface area contributed by atoms with Crippen LogP contribution in [-0.2, 0) is 0 Å². The fourth-order valence-corrected chi connectivity index (χ4v) is 4.79. The number of hydrogen-bond donors (Lipinski definition) is 0. The molecule has 2 unspecified atom stereocenters. The highest BCUT2D eigenvalue weighted by Crippen LogP contribution is 2.40. The SMILES string of the molecule is CCC1CCC(C)N1CC1(CBr)CCCCCC1. The molecule has 1 heterocycles. The maximum absolute atomic E-state index is 3.85. The normalized spacial score (nSPS) is 33.5. The molecule has 2 rings (SSSR count). The first-order valence-electron chi connectivity index (χ1n) is 8.02. The summed E-state index contributed by atoms with van der Waals surface area (Å²) in [5.74, 6) is 0. The van der Waals surface area contributed by atoms with Crippen LogP contribution >= 0.6 is 15.9 Å². The summed E-state index contributed by atoms with van der Waals surface area (Å²) in [4.78, 5) is 2.84. The van der Waals surface area contributed by atoms with Crippen molar-refractivity contribution in [2.75, 3.05) is 11.9 Å². The van der Waals surface area contributed by atoms with E-state index in [9.17, 15) is 0 Å². The molecule has 0 aromatic carbocycles. The van der Waals surface area contributed by atoms with Crippen molar-refractivity contribution in [1.29, 1.82) is 0 Å². The average molecular weight is 316 g/mol. The summed E-state index contributed by atoms with van der Waals surface area (Å²) in [6.45, 7) is 6.15. The summed E-state index contributed by atoms with van der Waals surface area (Å²) in [5.41, 5.74) is 0.572. The van der Waals surface area contributed by atoms with Gasteiger partial charge in [0.25, 0.3) is 0 Å². The van der Waals surface area contributed by atoms with Crippen molar-refractivity contribution in [3.05, 3.63) is 0 Å². The van der Waals surface area contributed by atoms with Crippen LogP contribution in [0.2, 0.25) is 0 Å². The maximum atomic E-state index is 3.85. The second-order valence-electron chi connectivity index (χ2n) is 6.71. The number of likely N-dealkylation sites (tertiary alicyclic amines) is 1. The molecule has 0 bridgehead atoms. The molecule has 0 amide bonds. The number of halogens is 1. The van der Waals surface area contributed by atoms with Crippen LogP contribution in [-0.4, -0.2) is 28.9 Å². The van der Waals surface area contributed by atoms with Gasteiger partial charge in [-0.2, -0.15) is 0 Å².